The average molecular weight is 334 g/mol. The molecule has 2 heterocycles. The van der Waals surface area contributed by atoms with Gasteiger partial charge in [0, 0.05) is 11.4 Å². The molecule has 0 unspecified atom stereocenters. The Morgan fingerprint density at radius 2 is 2.00 bits per heavy atom. The van der Waals surface area contributed by atoms with Crippen molar-refractivity contribution in [3.8, 4) is 11.5 Å². The first kappa shape index (κ1) is 15.2. The van der Waals surface area contributed by atoms with E-state index in [0.29, 0.717) is 23.3 Å². The van der Waals surface area contributed by atoms with Crippen LogP contribution in [0.2, 0.25) is 5.02 Å². The maximum absolute atomic E-state index is 6.16. The van der Waals surface area contributed by atoms with Crippen LogP contribution in [0.3, 0.4) is 0 Å². The quantitative estimate of drug-likeness (QED) is 0.667. The Labute approximate surface area is 138 Å². The number of benzene rings is 1. The standard InChI is InChI=1S/C16H16ClN3OS/c1-2-20(10-12-6-5-9-22-12)11-15-18-19-16(21-15)13-7-3-4-8-14(13)17/h3-9H,2,10-11H2,1H3. The van der Waals surface area contributed by atoms with Crippen LogP contribution in [0.5, 0.6) is 0 Å². The van der Waals surface area contributed by atoms with Gasteiger partial charge in [0.2, 0.25) is 11.8 Å². The van der Waals surface area contributed by atoms with Crippen LogP contribution in [-0.2, 0) is 13.1 Å². The fourth-order valence-electron chi connectivity index (χ4n) is 2.15. The van der Waals surface area contributed by atoms with Gasteiger partial charge in [0.25, 0.3) is 0 Å². The van der Waals surface area contributed by atoms with Crippen LogP contribution in [0, 0.1) is 0 Å². The molecule has 2 aromatic heterocycles. The summed E-state index contributed by atoms with van der Waals surface area (Å²) >= 11 is 7.91. The largest absolute Gasteiger partial charge is 0.419 e. The van der Waals surface area contributed by atoms with Gasteiger partial charge in [-0.15, -0.1) is 21.5 Å². The van der Waals surface area contributed by atoms with Crippen molar-refractivity contribution >= 4 is 22.9 Å². The van der Waals surface area contributed by atoms with Gasteiger partial charge in [-0.1, -0.05) is 36.7 Å². The van der Waals surface area contributed by atoms with E-state index in [0.717, 1.165) is 18.7 Å². The second-order valence-electron chi connectivity index (χ2n) is 4.86. The topological polar surface area (TPSA) is 42.2 Å². The molecule has 0 atom stereocenters. The van der Waals surface area contributed by atoms with E-state index in [1.807, 2.05) is 24.3 Å². The first-order valence-electron chi connectivity index (χ1n) is 7.08. The lowest BCUT2D eigenvalue weighted by Crippen LogP contribution is -2.21. The van der Waals surface area contributed by atoms with Crippen LogP contribution in [0.4, 0.5) is 0 Å². The van der Waals surface area contributed by atoms with E-state index in [1.54, 1.807) is 11.3 Å². The second kappa shape index (κ2) is 7.05. The minimum absolute atomic E-state index is 0.466. The van der Waals surface area contributed by atoms with Crippen molar-refractivity contribution in [2.24, 2.45) is 0 Å². The number of rotatable bonds is 6. The Morgan fingerprint density at radius 1 is 1.14 bits per heavy atom. The molecule has 4 nitrogen and oxygen atoms in total. The molecule has 0 saturated heterocycles. The van der Waals surface area contributed by atoms with Crippen molar-refractivity contribution in [3.05, 3.63) is 57.6 Å². The molecule has 0 amide bonds. The van der Waals surface area contributed by atoms with E-state index < -0.39 is 0 Å². The molecule has 0 fully saturated rings. The average Bonchev–Trinajstić information content (AvgIpc) is 3.19. The van der Waals surface area contributed by atoms with Crippen molar-refractivity contribution in [1.82, 2.24) is 15.1 Å². The fraction of sp³-hybridized carbons (Fsp3) is 0.250. The van der Waals surface area contributed by atoms with E-state index in [9.17, 15) is 0 Å². The van der Waals surface area contributed by atoms with Crippen LogP contribution in [0.1, 0.15) is 17.7 Å². The third-order valence-corrected chi connectivity index (χ3v) is 4.53. The molecule has 114 valence electrons. The van der Waals surface area contributed by atoms with Gasteiger partial charge in [-0.05, 0) is 30.1 Å². The maximum Gasteiger partial charge on any atom is 0.249 e. The predicted octanol–water partition coefficient (Wildman–Crippen LogP) is 4.47. The molecule has 6 heteroatoms. The molecule has 0 saturated carbocycles. The highest BCUT2D eigenvalue weighted by molar-refractivity contribution is 7.09. The van der Waals surface area contributed by atoms with Gasteiger partial charge >= 0.3 is 0 Å². The van der Waals surface area contributed by atoms with Gasteiger partial charge in [0.15, 0.2) is 0 Å². The first-order chi connectivity index (χ1) is 10.8. The van der Waals surface area contributed by atoms with Gasteiger partial charge in [-0.3, -0.25) is 4.90 Å². The lowest BCUT2D eigenvalue weighted by molar-refractivity contribution is 0.245. The summed E-state index contributed by atoms with van der Waals surface area (Å²) in [7, 11) is 0. The second-order valence-corrected chi connectivity index (χ2v) is 6.30. The molecule has 0 radical (unpaired) electrons. The highest BCUT2D eigenvalue weighted by Crippen LogP contribution is 2.26. The smallest absolute Gasteiger partial charge is 0.249 e. The first-order valence-corrected chi connectivity index (χ1v) is 8.34. The Bertz CT molecular complexity index is 727. The van der Waals surface area contributed by atoms with Crippen molar-refractivity contribution in [3.63, 3.8) is 0 Å². The van der Waals surface area contributed by atoms with Crippen molar-refractivity contribution < 1.29 is 4.42 Å². The monoisotopic (exact) mass is 333 g/mol. The zero-order valence-corrected chi connectivity index (χ0v) is 13.8. The molecule has 3 aromatic rings. The van der Waals surface area contributed by atoms with Gasteiger partial charge in [-0.2, -0.15) is 0 Å². The minimum atomic E-state index is 0.466. The molecule has 0 aliphatic rings. The van der Waals surface area contributed by atoms with Gasteiger partial charge in [0.05, 0.1) is 17.1 Å². The zero-order chi connectivity index (χ0) is 15.4. The molecule has 0 aliphatic heterocycles. The van der Waals surface area contributed by atoms with Crippen molar-refractivity contribution in [2.45, 2.75) is 20.0 Å². The molecule has 22 heavy (non-hydrogen) atoms. The fourth-order valence-corrected chi connectivity index (χ4v) is 3.12. The number of hydrogen-bond donors (Lipinski definition) is 0. The molecule has 1 aromatic carbocycles. The number of hydrogen-bond acceptors (Lipinski definition) is 5. The summed E-state index contributed by atoms with van der Waals surface area (Å²) in [6, 6.07) is 11.7. The number of aromatic nitrogens is 2. The van der Waals surface area contributed by atoms with Gasteiger partial charge in [0.1, 0.15) is 0 Å². The Hall–Kier alpha value is -1.69. The molecule has 0 N–H and O–H groups in total. The number of halogens is 1. The van der Waals surface area contributed by atoms with E-state index in [-0.39, 0.29) is 0 Å². The van der Waals surface area contributed by atoms with Crippen molar-refractivity contribution in [2.75, 3.05) is 6.54 Å². The van der Waals surface area contributed by atoms with Gasteiger partial charge < -0.3 is 4.42 Å². The van der Waals surface area contributed by atoms with Crippen LogP contribution >= 0.6 is 22.9 Å². The highest BCUT2D eigenvalue weighted by Gasteiger charge is 2.14. The molecule has 3 rings (SSSR count). The summed E-state index contributed by atoms with van der Waals surface area (Å²) in [4.78, 5) is 3.59. The Balaban J connectivity index is 1.72. The molecule has 0 aliphatic carbocycles. The zero-order valence-electron chi connectivity index (χ0n) is 12.2. The van der Waals surface area contributed by atoms with Crippen LogP contribution in [0.15, 0.2) is 46.2 Å². The summed E-state index contributed by atoms with van der Waals surface area (Å²) in [6.07, 6.45) is 0. The van der Waals surface area contributed by atoms with E-state index in [2.05, 4.69) is 39.5 Å². The normalized spacial score (nSPS) is 11.2. The van der Waals surface area contributed by atoms with Crippen LogP contribution < -0.4 is 0 Å². The van der Waals surface area contributed by atoms with E-state index >= 15 is 0 Å². The highest BCUT2D eigenvalue weighted by atomic mass is 35.5. The summed E-state index contributed by atoms with van der Waals surface area (Å²) in [6.45, 7) is 4.56. The van der Waals surface area contributed by atoms with E-state index in [4.69, 9.17) is 16.0 Å². The predicted molar refractivity (Wildman–Crippen MR) is 88.9 cm³/mol. The lowest BCUT2D eigenvalue weighted by atomic mass is 10.2. The minimum Gasteiger partial charge on any atom is -0.419 e. The third-order valence-electron chi connectivity index (χ3n) is 3.34. The van der Waals surface area contributed by atoms with E-state index in [1.165, 1.54) is 4.88 Å². The Kier molecular flexibility index (Phi) is 4.87. The molecule has 0 bridgehead atoms. The van der Waals surface area contributed by atoms with Crippen LogP contribution in [-0.4, -0.2) is 21.6 Å². The maximum atomic E-state index is 6.16. The van der Waals surface area contributed by atoms with Crippen LogP contribution in [0.25, 0.3) is 11.5 Å². The Morgan fingerprint density at radius 3 is 2.73 bits per heavy atom. The summed E-state index contributed by atoms with van der Waals surface area (Å²) in [5, 5.41) is 10.9. The number of nitrogens with zero attached hydrogens (tertiary/aromatic N) is 3. The summed E-state index contributed by atoms with van der Waals surface area (Å²) < 4.78 is 5.76. The lowest BCUT2D eigenvalue weighted by Gasteiger charge is -2.16. The molecular weight excluding hydrogens is 318 g/mol. The van der Waals surface area contributed by atoms with Crippen molar-refractivity contribution in [1.29, 1.82) is 0 Å². The summed E-state index contributed by atoms with van der Waals surface area (Å²) in [5.74, 6) is 1.07. The third kappa shape index (κ3) is 3.55. The number of thiophene rings is 1. The SMILES string of the molecule is CCN(Cc1nnc(-c2ccccc2Cl)o1)Cc1cccs1. The van der Waals surface area contributed by atoms with Gasteiger partial charge in [-0.25, -0.2) is 0 Å². The molecular formula is C16H16ClN3OS. The summed E-state index contributed by atoms with van der Waals surface area (Å²) in [5.41, 5.74) is 0.768. The molecule has 0 spiro atoms.